The normalized spacial score (nSPS) is 20.0. The maximum atomic E-state index is 13.9. The smallest absolute Gasteiger partial charge is 0.238 e. The van der Waals surface area contributed by atoms with Crippen molar-refractivity contribution in [2.45, 2.75) is 35.8 Å². The third-order valence-electron chi connectivity index (χ3n) is 5.84. The summed E-state index contributed by atoms with van der Waals surface area (Å²) < 4.78 is 0. The van der Waals surface area contributed by atoms with Gasteiger partial charge in [-0.05, 0) is 35.1 Å². The quantitative estimate of drug-likeness (QED) is 0.165. The fraction of sp³-hybridized carbons (Fsp3) is 0.240. The summed E-state index contributed by atoms with van der Waals surface area (Å²) in [5, 5.41) is 3.97. The lowest BCUT2D eigenvalue weighted by Crippen LogP contribution is -2.40. The predicted octanol–water partition coefficient (Wildman–Crippen LogP) is 6.91. The van der Waals surface area contributed by atoms with Crippen LogP contribution in [0.1, 0.15) is 47.7 Å². The number of halogens is 1. The highest BCUT2D eigenvalue weighted by Gasteiger charge is 2.42. The van der Waals surface area contributed by atoms with Gasteiger partial charge in [-0.3, -0.25) is 4.79 Å². The minimum absolute atomic E-state index is 0.0264. The first-order valence-corrected chi connectivity index (χ1v) is 11.3. The second-order valence-corrected chi connectivity index (χ2v) is 8.62. The van der Waals surface area contributed by atoms with Gasteiger partial charge < -0.3 is 4.90 Å². The van der Waals surface area contributed by atoms with Gasteiger partial charge in [-0.15, -0.1) is 0 Å². The number of benzene rings is 3. The largest absolute Gasteiger partial charge is 0.328 e. The molecular weight excluding hydrogens is 452 g/mol. The predicted molar refractivity (Wildman–Crippen MR) is 125 cm³/mol. The fourth-order valence-electron chi connectivity index (χ4n) is 4.40. The van der Waals surface area contributed by atoms with Gasteiger partial charge in [0.25, 0.3) is 0 Å². The Kier molecular flexibility index (Phi) is 6.70. The van der Waals surface area contributed by atoms with Gasteiger partial charge in [-0.1, -0.05) is 112 Å². The second-order valence-electron chi connectivity index (χ2n) is 7.64. The Morgan fingerprint density at radius 3 is 1.77 bits per heavy atom. The zero-order valence-electron chi connectivity index (χ0n) is 17.0. The van der Waals surface area contributed by atoms with E-state index >= 15 is 0 Å². The minimum Gasteiger partial charge on any atom is -0.328 e. The van der Waals surface area contributed by atoms with E-state index in [1.165, 1.54) is 0 Å². The van der Waals surface area contributed by atoms with Crippen LogP contribution in [0.15, 0.2) is 96.1 Å². The fourth-order valence-corrected chi connectivity index (χ4v) is 5.05. The molecule has 1 heterocycles. The molecule has 31 heavy (non-hydrogen) atoms. The molecule has 1 aliphatic heterocycles. The molecule has 1 amide bonds. The van der Waals surface area contributed by atoms with E-state index in [4.69, 9.17) is 5.53 Å². The number of alkyl halides is 1. The van der Waals surface area contributed by atoms with Crippen molar-refractivity contribution in [3.05, 3.63) is 118 Å². The summed E-state index contributed by atoms with van der Waals surface area (Å²) in [4.78, 5) is 18.2. The number of rotatable bonds is 6. The molecule has 1 fully saturated rings. The van der Waals surface area contributed by atoms with Crippen molar-refractivity contribution in [3.63, 3.8) is 0 Å². The van der Waals surface area contributed by atoms with Crippen molar-refractivity contribution in [1.29, 1.82) is 0 Å². The maximum Gasteiger partial charge on any atom is 0.238 e. The molecule has 1 saturated heterocycles. The molecule has 1 aliphatic rings. The summed E-state index contributed by atoms with van der Waals surface area (Å²) in [5.74, 6) is -0.0681. The Balaban J connectivity index is 1.72. The number of hydrogen-bond donors (Lipinski definition) is 0. The van der Waals surface area contributed by atoms with Crippen molar-refractivity contribution >= 4 is 21.8 Å². The first kappa shape index (κ1) is 21.2. The standard InChI is InChI=1S/C25H23BrN4O/c26-23(24(28-29-27)20-14-8-3-9-15-20)25(31)30-21(18-10-4-1-5-11-18)16-17-22(30)19-12-6-2-7-13-19/h1-15,21-24H,16-17H2/t21-,22-,23+,24+/m0/s1. The van der Waals surface area contributed by atoms with Crippen LogP contribution in [0.4, 0.5) is 0 Å². The molecule has 0 spiro atoms. The number of azide groups is 1. The summed E-state index contributed by atoms with van der Waals surface area (Å²) in [6.07, 6.45) is 1.76. The van der Waals surface area contributed by atoms with Crippen LogP contribution in [0.5, 0.6) is 0 Å². The molecule has 0 unspecified atom stereocenters. The van der Waals surface area contributed by atoms with Gasteiger partial charge in [-0.2, -0.15) is 0 Å². The van der Waals surface area contributed by atoms with Gasteiger partial charge in [0.2, 0.25) is 5.91 Å². The number of carbonyl (C=O) groups excluding carboxylic acids is 1. The van der Waals surface area contributed by atoms with Crippen molar-refractivity contribution < 1.29 is 4.79 Å². The summed E-state index contributed by atoms with van der Waals surface area (Å²) >= 11 is 3.60. The highest BCUT2D eigenvalue weighted by Crippen LogP contribution is 2.45. The molecule has 156 valence electrons. The molecule has 0 aromatic heterocycles. The first-order valence-electron chi connectivity index (χ1n) is 10.4. The SMILES string of the molecule is [N-]=[N+]=N[C@H](c1ccccc1)[C@@H](Br)C(=O)N1[C@H](c2ccccc2)CC[C@H]1c1ccccc1. The summed E-state index contributed by atoms with van der Waals surface area (Å²) in [7, 11) is 0. The van der Waals surface area contributed by atoms with Crippen LogP contribution in [0.25, 0.3) is 10.4 Å². The van der Waals surface area contributed by atoms with Crippen molar-refractivity contribution in [2.24, 2.45) is 5.11 Å². The number of hydrogen-bond acceptors (Lipinski definition) is 2. The number of carbonyl (C=O) groups is 1. The lowest BCUT2D eigenvalue weighted by molar-refractivity contribution is -0.134. The molecule has 3 aromatic carbocycles. The number of likely N-dealkylation sites (tertiary alicyclic amines) is 1. The van der Waals surface area contributed by atoms with E-state index < -0.39 is 10.9 Å². The van der Waals surface area contributed by atoms with E-state index in [1.807, 2.05) is 71.6 Å². The van der Waals surface area contributed by atoms with Gasteiger partial charge in [0.1, 0.15) is 4.83 Å². The van der Waals surface area contributed by atoms with E-state index in [1.54, 1.807) is 0 Å². The topological polar surface area (TPSA) is 69.1 Å². The molecule has 3 aromatic rings. The average molecular weight is 475 g/mol. The Hall–Kier alpha value is -3.08. The molecule has 5 nitrogen and oxygen atoms in total. The molecule has 0 radical (unpaired) electrons. The molecule has 0 N–H and O–H groups in total. The maximum absolute atomic E-state index is 13.9. The minimum atomic E-state index is -0.665. The van der Waals surface area contributed by atoms with Crippen LogP contribution in [-0.4, -0.2) is 15.6 Å². The van der Waals surface area contributed by atoms with Crippen LogP contribution >= 0.6 is 15.9 Å². The molecule has 4 rings (SSSR count). The molecule has 0 aliphatic carbocycles. The van der Waals surface area contributed by atoms with Crippen LogP contribution in [-0.2, 0) is 4.79 Å². The van der Waals surface area contributed by atoms with E-state index in [9.17, 15) is 4.79 Å². The highest BCUT2D eigenvalue weighted by atomic mass is 79.9. The van der Waals surface area contributed by atoms with E-state index in [-0.39, 0.29) is 18.0 Å². The summed E-state index contributed by atoms with van der Waals surface area (Å²) in [6, 6.07) is 29.0. The van der Waals surface area contributed by atoms with Gasteiger partial charge in [-0.25, -0.2) is 0 Å². The summed E-state index contributed by atoms with van der Waals surface area (Å²) in [5.41, 5.74) is 12.2. The molecule has 0 saturated carbocycles. The first-order chi connectivity index (χ1) is 15.2. The Morgan fingerprint density at radius 1 is 0.871 bits per heavy atom. The molecular formula is C25H23BrN4O. The lowest BCUT2D eigenvalue weighted by atomic mass is 10.0. The average Bonchev–Trinajstić information content (AvgIpc) is 3.28. The van der Waals surface area contributed by atoms with Crippen molar-refractivity contribution in [2.75, 3.05) is 0 Å². The monoisotopic (exact) mass is 474 g/mol. The third kappa shape index (κ3) is 4.50. The van der Waals surface area contributed by atoms with E-state index in [2.05, 4.69) is 50.2 Å². The summed E-state index contributed by atoms with van der Waals surface area (Å²) in [6.45, 7) is 0. The van der Waals surface area contributed by atoms with Gasteiger partial charge in [0.15, 0.2) is 0 Å². The van der Waals surface area contributed by atoms with Crippen LogP contribution in [0, 0.1) is 0 Å². The molecule has 0 bridgehead atoms. The van der Waals surface area contributed by atoms with Crippen molar-refractivity contribution in [3.8, 4) is 0 Å². The Morgan fingerprint density at radius 2 is 1.32 bits per heavy atom. The van der Waals surface area contributed by atoms with E-state index in [0.717, 1.165) is 29.5 Å². The van der Waals surface area contributed by atoms with Crippen LogP contribution in [0.3, 0.4) is 0 Å². The van der Waals surface area contributed by atoms with Crippen LogP contribution < -0.4 is 0 Å². The lowest BCUT2D eigenvalue weighted by Gasteiger charge is -2.34. The zero-order valence-corrected chi connectivity index (χ0v) is 18.5. The van der Waals surface area contributed by atoms with Crippen molar-refractivity contribution in [1.82, 2.24) is 4.90 Å². The Labute approximate surface area is 190 Å². The Bertz CT molecular complexity index is 1010. The molecule has 6 heteroatoms. The van der Waals surface area contributed by atoms with Gasteiger partial charge in [0.05, 0.1) is 18.1 Å². The number of amides is 1. The third-order valence-corrected chi connectivity index (χ3v) is 6.73. The highest BCUT2D eigenvalue weighted by molar-refractivity contribution is 9.10. The molecule has 4 atom stereocenters. The van der Waals surface area contributed by atoms with E-state index in [0.29, 0.717) is 0 Å². The zero-order chi connectivity index (χ0) is 21.6. The van der Waals surface area contributed by atoms with Gasteiger partial charge >= 0.3 is 0 Å². The number of nitrogens with zero attached hydrogens (tertiary/aromatic N) is 4. The van der Waals surface area contributed by atoms with Crippen LogP contribution in [0.2, 0.25) is 0 Å². The second kappa shape index (κ2) is 9.82. The van der Waals surface area contributed by atoms with Gasteiger partial charge in [0, 0.05) is 4.91 Å².